The van der Waals surface area contributed by atoms with Gasteiger partial charge in [0.15, 0.2) is 0 Å². The molecule has 64 valence electrons. The lowest BCUT2D eigenvalue weighted by Crippen LogP contribution is -2.40. The zero-order valence-electron chi connectivity index (χ0n) is 7.10. The molecule has 0 aromatic heterocycles. The molecule has 1 fully saturated rings. The van der Waals surface area contributed by atoms with Gasteiger partial charge in [0.1, 0.15) is 0 Å². The average Bonchev–Trinajstić information content (AvgIpc) is 1.91. The summed E-state index contributed by atoms with van der Waals surface area (Å²) in [6.07, 6.45) is 0. The van der Waals surface area contributed by atoms with Crippen LogP contribution in [0.25, 0.3) is 0 Å². The van der Waals surface area contributed by atoms with Gasteiger partial charge in [0.05, 0.1) is 0 Å². The van der Waals surface area contributed by atoms with Crippen LogP contribution in [0.3, 0.4) is 0 Å². The maximum absolute atomic E-state index is 5.87. The highest BCUT2D eigenvalue weighted by molar-refractivity contribution is 6.30. The summed E-state index contributed by atoms with van der Waals surface area (Å²) in [5.41, 5.74) is 2.76. The maximum Gasteiger partial charge on any atom is 0.0408 e. The van der Waals surface area contributed by atoms with Gasteiger partial charge in [0, 0.05) is 24.0 Å². The largest absolute Gasteiger partial charge is 0.315 e. The first-order valence-corrected chi connectivity index (χ1v) is 4.62. The van der Waals surface area contributed by atoms with E-state index < -0.39 is 0 Å². The summed E-state index contributed by atoms with van der Waals surface area (Å²) >= 11 is 5.87. The molecule has 0 amide bonds. The first-order chi connectivity index (χ1) is 5.77. The van der Waals surface area contributed by atoms with Crippen molar-refractivity contribution in [1.82, 2.24) is 5.32 Å². The number of nitrogens with one attached hydrogen (secondary N) is 1. The summed E-state index contributed by atoms with van der Waals surface area (Å²) in [6, 6.07) is 6.15. The smallest absolute Gasteiger partial charge is 0.0408 e. The monoisotopic (exact) mass is 181 g/mol. The van der Waals surface area contributed by atoms with Crippen LogP contribution in [0.4, 0.5) is 0 Å². The van der Waals surface area contributed by atoms with Crippen LogP contribution in [0, 0.1) is 6.92 Å². The molecular formula is C10H12ClN. The molecule has 12 heavy (non-hydrogen) atoms. The molecule has 1 aliphatic rings. The predicted octanol–water partition coefficient (Wildman–Crippen LogP) is 2.34. The number of hydrogen-bond acceptors (Lipinski definition) is 1. The maximum atomic E-state index is 5.87. The van der Waals surface area contributed by atoms with E-state index in [0.717, 1.165) is 18.1 Å². The van der Waals surface area contributed by atoms with Crippen LogP contribution in [0.2, 0.25) is 5.02 Å². The molecule has 2 rings (SSSR count). The molecule has 1 aromatic carbocycles. The Morgan fingerprint density at radius 2 is 2.17 bits per heavy atom. The number of aryl methyl sites for hydroxylation is 1. The molecule has 0 atom stereocenters. The lowest BCUT2D eigenvalue weighted by atomic mass is 9.90. The fourth-order valence-electron chi connectivity index (χ4n) is 1.61. The van der Waals surface area contributed by atoms with Gasteiger partial charge in [-0.3, -0.25) is 0 Å². The highest BCUT2D eigenvalue weighted by atomic mass is 35.5. The molecule has 0 radical (unpaired) electrons. The summed E-state index contributed by atoms with van der Waals surface area (Å²) in [5, 5.41) is 4.11. The SMILES string of the molecule is Cc1cc(Cl)ccc1C1CNC1. The summed E-state index contributed by atoms with van der Waals surface area (Å²) in [5.74, 6) is 0.710. The van der Waals surface area contributed by atoms with Crippen molar-refractivity contribution in [3.63, 3.8) is 0 Å². The first kappa shape index (κ1) is 8.09. The van der Waals surface area contributed by atoms with Gasteiger partial charge >= 0.3 is 0 Å². The molecule has 1 saturated heterocycles. The second kappa shape index (κ2) is 3.08. The summed E-state index contributed by atoms with van der Waals surface area (Å²) < 4.78 is 0. The van der Waals surface area contributed by atoms with Gasteiger partial charge in [0.25, 0.3) is 0 Å². The van der Waals surface area contributed by atoms with Gasteiger partial charge in [-0.1, -0.05) is 17.7 Å². The molecular weight excluding hydrogens is 170 g/mol. The second-order valence-corrected chi connectivity index (χ2v) is 3.79. The molecule has 1 nitrogen and oxygen atoms in total. The third kappa shape index (κ3) is 1.35. The zero-order valence-corrected chi connectivity index (χ0v) is 7.86. The summed E-state index contributed by atoms with van der Waals surface area (Å²) in [4.78, 5) is 0. The van der Waals surface area contributed by atoms with Gasteiger partial charge in [-0.2, -0.15) is 0 Å². The molecule has 2 heteroatoms. The van der Waals surface area contributed by atoms with Gasteiger partial charge in [-0.05, 0) is 30.2 Å². The third-order valence-corrected chi connectivity index (χ3v) is 2.69. The Bertz CT molecular complexity index is 292. The minimum Gasteiger partial charge on any atom is -0.315 e. The Morgan fingerprint density at radius 1 is 1.42 bits per heavy atom. The Labute approximate surface area is 77.7 Å². The van der Waals surface area contributed by atoms with Crippen LogP contribution in [0.5, 0.6) is 0 Å². The quantitative estimate of drug-likeness (QED) is 0.702. The molecule has 1 aromatic rings. The van der Waals surface area contributed by atoms with E-state index in [1.54, 1.807) is 0 Å². The predicted molar refractivity (Wildman–Crippen MR) is 51.8 cm³/mol. The van der Waals surface area contributed by atoms with Crippen molar-refractivity contribution in [3.8, 4) is 0 Å². The molecule has 0 bridgehead atoms. The zero-order chi connectivity index (χ0) is 8.55. The Hall–Kier alpha value is -0.530. The van der Waals surface area contributed by atoms with E-state index in [2.05, 4.69) is 18.3 Å². The van der Waals surface area contributed by atoms with Crippen molar-refractivity contribution >= 4 is 11.6 Å². The van der Waals surface area contributed by atoms with Gasteiger partial charge in [-0.15, -0.1) is 0 Å². The van der Waals surface area contributed by atoms with E-state index in [-0.39, 0.29) is 0 Å². The molecule has 0 saturated carbocycles. The van der Waals surface area contributed by atoms with Crippen LogP contribution in [-0.4, -0.2) is 13.1 Å². The highest BCUT2D eigenvalue weighted by Gasteiger charge is 2.19. The lowest BCUT2D eigenvalue weighted by Gasteiger charge is -2.28. The highest BCUT2D eigenvalue weighted by Crippen LogP contribution is 2.25. The van der Waals surface area contributed by atoms with Gasteiger partial charge in [0.2, 0.25) is 0 Å². The van der Waals surface area contributed by atoms with E-state index in [4.69, 9.17) is 11.6 Å². The molecule has 0 spiro atoms. The van der Waals surface area contributed by atoms with E-state index in [0.29, 0.717) is 5.92 Å². The standard InChI is InChI=1S/C10H12ClN/c1-7-4-9(11)2-3-10(7)8-5-12-6-8/h2-4,8,12H,5-6H2,1H3. The molecule has 0 unspecified atom stereocenters. The van der Waals surface area contributed by atoms with Crippen LogP contribution in [0.1, 0.15) is 17.0 Å². The van der Waals surface area contributed by atoms with Crippen molar-refractivity contribution < 1.29 is 0 Å². The van der Waals surface area contributed by atoms with E-state index in [9.17, 15) is 0 Å². The van der Waals surface area contributed by atoms with E-state index in [1.807, 2.05) is 12.1 Å². The van der Waals surface area contributed by atoms with E-state index in [1.165, 1.54) is 11.1 Å². The molecule has 0 aliphatic carbocycles. The third-order valence-electron chi connectivity index (χ3n) is 2.45. The van der Waals surface area contributed by atoms with Crippen LogP contribution in [0.15, 0.2) is 18.2 Å². The van der Waals surface area contributed by atoms with E-state index >= 15 is 0 Å². The topological polar surface area (TPSA) is 12.0 Å². The number of rotatable bonds is 1. The van der Waals surface area contributed by atoms with Crippen LogP contribution >= 0.6 is 11.6 Å². The lowest BCUT2D eigenvalue weighted by molar-refractivity contribution is 0.447. The van der Waals surface area contributed by atoms with Crippen molar-refractivity contribution in [2.24, 2.45) is 0 Å². The summed E-state index contributed by atoms with van der Waals surface area (Å²) in [6.45, 7) is 4.35. The van der Waals surface area contributed by atoms with Crippen molar-refractivity contribution in [1.29, 1.82) is 0 Å². The number of halogens is 1. The van der Waals surface area contributed by atoms with Crippen molar-refractivity contribution in [2.75, 3.05) is 13.1 Å². The van der Waals surface area contributed by atoms with Crippen LogP contribution in [-0.2, 0) is 0 Å². The Morgan fingerprint density at radius 3 is 2.67 bits per heavy atom. The normalized spacial score (nSPS) is 17.5. The number of hydrogen-bond donors (Lipinski definition) is 1. The first-order valence-electron chi connectivity index (χ1n) is 4.24. The fourth-order valence-corrected chi connectivity index (χ4v) is 1.83. The second-order valence-electron chi connectivity index (χ2n) is 3.36. The van der Waals surface area contributed by atoms with Gasteiger partial charge < -0.3 is 5.32 Å². The van der Waals surface area contributed by atoms with Crippen molar-refractivity contribution in [3.05, 3.63) is 34.3 Å². The minimum atomic E-state index is 0.710. The fraction of sp³-hybridized carbons (Fsp3) is 0.400. The average molecular weight is 182 g/mol. The van der Waals surface area contributed by atoms with Crippen LogP contribution < -0.4 is 5.32 Å². The molecule has 1 heterocycles. The molecule has 1 aliphatic heterocycles. The minimum absolute atomic E-state index is 0.710. The Balaban J connectivity index is 2.31. The summed E-state index contributed by atoms with van der Waals surface area (Å²) in [7, 11) is 0. The molecule has 1 N–H and O–H groups in total. The van der Waals surface area contributed by atoms with Gasteiger partial charge in [-0.25, -0.2) is 0 Å². The Kier molecular flexibility index (Phi) is 2.07. The van der Waals surface area contributed by atoms with Crippen molar-refractivity contribution in [2.45, 2.75) is 12.8 Å². The number of benzene rings is 1.